The van der Waals surface area contributed by atoms with Crippen molar-refractivity contribution >= 4 is 0 Å². The molecule has 18 heavy (non-hydrogen) atoms. The van der Waals surface area contributed by atoms with Crippen molar-refractivity contribution in [2.24, 2.45) is 0 Å². The van der Waals surface area contributed by atoms with Gasteiger partial charge in [-0.25, -0.2) is 0 Å². The van der Waals surface area contributed by atoms with Crippen molar-refractivity contribution in [1.29, 1.82) is 0 Å². The van der Waals surface area contributed by atoms with E-state index >= 15 is 0 Å². The van der Waals surface area contributed by atoms with E-state index in [0.29, 0.717) is 5.92 Å². The first kappa shape index (κ1) is 16.6. The van der Waals surface area contributed by atoms with Crippen LogP contribution in [0, 0.1) is 0 Å². The van der Waals surface area contributed by atoms with Crippen LogP contribution in [0.25, 0.3) is 0 Å². The van der Waals surface area contributed by atoms with Gasteiger partial charge in [0.15, 0.2) is 11.5 Å². The molecule has 0 bridgehead atoms. The Morgan fingerprint density at radius 1 is 1.06 bits per heavy atom. The van der Waals surface area contributed by atoms with E-state index in [1.54, 1.807) is 14.2 Å². The number of benzene rings is 1. The molecule has 1 rings (SSSR count). The second kappa shape index (κ2) is 9.58. The van der Waals surface area contributed by atoms with Crippen molar-refractivity contribution in [3.8, 4) is 11.5 Å². The summed E-state index contributed by atoms with van der Waals surface area (Å²) in [7, 11) is 3.35. The van der Waals surface area contributed by atoms with Gasteiger partial charge in [-0.15, -0.1) is 13.2 Å². The quantitative estimate of drug-likeness (QED) is 0.675. The summed E-state index contributed by atoms with van der Waals surface area (Å²) in [6.07, 6.45) is 3.61. The minimum Gasteiger partial charge on any atom is -0.493 e. The molecular weight excluding hydrogens is 224 g/mol. The third kappa shape index (κ3) is 4.44. The molecule has 102 valence electrons. The molecule has 2 heteroatoms. The molecule has 0 spiro atoms. The van der Waals surface area contributed by atoms with Gasteiger partial charge in [-0.05, 0) is 36.5 Å². The van der Waals surface area contributed by atoms with E-state index in [1.165, 1.54) is 24.8 Å². The van der Waals surface area contributed by atoms with Crippen LogP contribution in [0.3, 0.4) is 0 Å². The fraction of sp³-hybridized carbons (Fsp3) is 0.500. The predicted molar refractivity (Wildman–Crippen MR) is 78.7 cm³/mol. The van der Waals surface area contributed by atoms with E-state index in [-0.39, 0.29) is 0 Å². The van der Waals surface area contributed by atoms with Gasteiger partial charge in [0, 0.05) is 0 Å². The second-order valence-corrected chi connectivity index (χ2v) is 4.01. The van der Waals surface area contributed by atoms with Gasteiger partial charge in [0.25, 0.3) is 0 Å². The number of ether oxygens (including phenoxy) is 2. The van der Waals surface area contributed by atoms with E-state index in [9.17, 15) is 0 Å². The van der Waals surface area contributed by atoms with E-state index in [1.807, 2.05) is 6.07 Å². The molecule has 2 nitrogen and oxygen atoms in total. The van der Waals surface area contributed by atoms with Crippen LogP contribution in [0.1, 0.15) is 44.6 Å². The molecule has 1 unspecified atom stereocenters. The maximum Gasteiger partial charge on any atom is 0.160 e. The maximum absolute atomic E-state index is 5.32. The fourth-order valence-corrected chi connectivity index (χ4v) is 2.06. The van der Waals surface area contributed by atoms with E-state index < -0.39 is 0 Å². The van der Waals surface area contributed by atoms with Crippen LogP contribution in [-0.4, -0.2) is 14.2 Å². The molecule has 0 aliphatic rings. The third-order valence-corrected chi connectivity index (χ3v) is 3.01. The molecular formula is C16H26O2. The molecule has 0 aliphatic heterocycles. The van der Waals surface area contributed by atoms with Crippen LogP contribution in [0.2, 0.25) is 0 Å². The lowest BCUT2D eigenvalue weighted by atomic mass is 9.92. The number of methoxy groups -OCH3 is 2. The average Bonchev–Trinajstić information content (AvgIpc) is 2.46. The SMILES string of the molecule is C=C.CCCC(CC)c1ccc(OC)c(OC)c1. The summed E-state index contributed by atoms with van der Waals surface area (Å²) < 4.78 is 10.6. The van der Waals surface area contributed by atoms with E-state index in [0.717, 1.165) is 11.5 Å². The zero-order valence-corrected chi connectivity index (χ0v) is 12.2. The zero-order chi connectivity index (χ0) is 14.0. The molecule has 1 aromatic carbocycles. The molecule has 0 N–H and O–H groups in total. The van der Waals surface area contributed by atoms with Gasteiger partial charge >= 0.3 is 0 Å². The Hall–Kier alpha value is -1.44. The largest absolute Gasteiger partial charge is 0.493 e. The van der Waals surface area contributed by atoms with Crippen molar-refractivity contribution in [1.82, 2.24) is 0 Å². The fourth-order valence-electron chi connectivity index (χ4n) is 2.06. The number of hydrogen-bond acceptors (Lipinski definition) is 2. The van der Waals surface area contributed by atoms with Gasteiger partial charge in [0.1, 0.15) is 0 Å². The highest BCUT2D eigenvalue weighted by atomic mass is 16.5. The molecule has 1 atom stereocenters. The summed E-state index contributed by atoms with van der Waals surface area (Å²) in [6, 6.07) is 6.24. The van der Waals surface area contributed by atoms with Gasteiger partial charge in [-0.3, -0.25) is 0 Å². The van der Waals surface area contributed by atoms with Crippen LogP contribution < -0.4 is 9.47 Å². The second-order valence-electron chi connectivity index (χ2n) is 4.01. The van der Waals surface area contributed by atoms with E-state index in [2.05, 4.69) is 39.1 Å². The average molecular weight is 250 g/mol. The Bertz CT molecular complexity index is 334. The number of rotatable bonds is 6. The minimum atomic E-state index is 0.629. The topological polar surface area (TPSA) is 18.5 Å². The predicted octanol–water partition coefficient (Wildman–Crippen LogP) is 4.80. The minimum absolute atomic E-state index is 0.629. The summed E-state index contributed by atoms with van der Waals surface area (Å²) in [4.78, 5) is 0. The molecule has 0 amide bonds. The summed E-state index contributed by atoms with van der Waals surface area (Å²) in [5.74, 6) is 2.26. The first-order chi connectivity index (χ1) is 8.76. The van der Waals surface area contributed by atoms with Crippen LogP contribution in [-0.2, 0) is 0 Å². The lowest BCUT2D eigenvalue weighted by Crippen LogP contribution is -1.98. The molecule has 0 aromatic heterocycles. The summed E-state index contributed by atoms with van der Waals surface area (Å²) in [5.41, 5.74) is 1.35. The Balaban J connectivity index is 0.00000137. The summed E-state index contributed by atoms with van der Waals surface area (Å²) >= 11 is 0. The molecule has 0 saturated heterocycles. The van der Waals surface area contributed by atoms with Gasteiger partial charge in [0.05, 0.1) is 14.2 Å². The highest BCUT2D eigenvalue weighted by molar-refractivity contribution is 5.43. The van der Waals surface area contributed by atoms with Crippen molar-refractivity contribution < 1.29 is 9.47 Å². The molecule has 0 heterocycles. The van der Waals surface area contributed by atoms with E-state index in [4.69, 9.17) is 9.47 Å². The Morgan fingerprint density at radius 3 is 2.11 bits per heavy atom. The highest BCUT2D eigenvalue weighted by Gasteiger charge is 2.11. The molecule has 0 aliphatic carbocycles. The van der Waals surface area contributed by atoms with Crippen molar-refractivity contribution in [2.75, 3.05) is 14.2 Å². The maximum atomic E-state index is 5.32. The van der Waals surface area contributed by atoms with Gasteiger partial charge < -0.3 is 9.47 Å². The van der Waals surface area contributed by atoms with Gasteiger partial charge in [-0.2, -0.15) is 0 Å². The standard InChI is InChI=1S/C14H22O2.C2H4/c1-5-7-11(6-2)12-8-9-13(15-3)14(10-12)16-4;1-2/h8-11H,5-7H2,1-4H3;1-2H2. The molecule has 1 aromatic rings. The first-order valence-corrected chi connectivity index (χ1v) is 6.48. The highest BCUT2D eigenvalue weighted by Crippen LogP contribution is 2.33. The smallest absolute Gasteiger partial charge is 0.160 e. The Kier molecular flexibility index (Phi) is 8.81. The van der Waals surface area contributed by atoms with Crippen LogP contribution in [0.5, 0.6) is 11.5 Å². The zero-order valence-electron chi connectivity index (χ0n) is 12.2. The Labute approximate surface area is 112 Å². The lowest BCUT2D eigenvalue weighted by molar-refractivity contribution is 0.354. The normalized spacial score (nSPS) is 11.1. The van der Waals surface area contributed by atoms with Crippen LogP contribution in [0.4, 0.5) is 0 Å². The van der Waals surface area contributed by atoms with Crippen molar-refractivity contribution in [3.63, 3.8) is 0 Å². The Morgan fingerprint density at radius 2 is 1.67 bits per heavy atom. The molecule has 0 saturated carbocycles. The third-order valence-electron chi connectivity index (χ3n) is 3.01. The lowest BCUT2D eigenvalue weighted by Gasteiger charge is -2.16. The molecule has 0 fully saturated rings. The van der Waals surface area contributed by atoms with Gasteiger partial charge in [-0.1, -0.05) is 26.3 Å². The van der Waals surface area contributed by atoms with Crippen molar-refractivity contribution in [3.05, 3.63) is 36.9 Å². The summed E-state index contributed by atoms with van der Waals surface area (Å²) in [6.45, 7) is 10.5. The monoisotopic (exact) mass is 250 g/mol. The van der Waals surface area contributed by atoms with Crippen molar-refractivity contribution in [2.45, 2.75) is 39.0 Å². The number of hydrogen-bond donors (Lipinski definition) is 0. The summed E-state index contributed by atoms with van der Waals surface area (Å²) in [5, 5.41) is 0. The molecule has 0 radical (unpaired) electrons. The van der Waals surface area contributed by atoms with Gasteiger partial charge in [0.2, 0.25) is 0 Å². The van der Waals surface area contributed by atoms with Crippen LogP contribution >= 0.6 is 0 Å². The first-order valence-electron chi connectivity index (χ1n) is 6.48. The van der Waals surface area contributed by atoms with Crippen LogP contribution in [0.15, 0.2) is 31.4 Å².